The molecule has 3 rings (SSSR count). The number of methoxy groups -OCH3 is 1. The van der Waals surface area contributed by atoms with Gasteiger partial charge in [-0.3, -0.25) is 14.5 Å². The molecule has 0 aromatic heterocycles. The second kappa shape index (κ2) is 10.4. The van der Waals surface area contributed by atoms with Crippen LogP contribution in [0.2, 0.25) is 0 Å². The number of nitrogens with one attached hydrogen (secondary N) is 1. The lowest BCUT2D eigenvalue weighted by molar-refractivity contribution is -0.116. The van der Waals surface area contributed by atoms with E-state index >= 15 is 0 Å². The van der Waals surface area contributed by atoms with E-state index < -0.39 is 0 Å². The third-order valence-electron chi connectivity index (χ3n) is 5.75. The first-order valence-electron chi connectivity index (χ1n) is 10.7. The number of benzene rings is 2. The summed E-state index contributed by atoms with van der Waals surface area (Å²) < 4.78 is 5.27. The third kappa shape index (κ3) is 6.17. The maximum Gasteiger partial charge on any atom is 0.224 e. The van der Waals surface area contributed by atoms with Gasteiger partial charge in [0.05, 0.1) is 12.7 Å². The summed E-state index contributed by atoms with van der Waals surface area (Å²) in [5.41, 5.74) is 3.53. The topological polar surface area (TPSA) is 58.6 Å². The number of aryl methyl sites for hydroxylation is 1. The Labute approximate surface area is 179 Å². The van der Waals surface area contributed by atoms with Gasteiger partial charge in [-0.05, 0) is 68.6 Å². The zero-order valence-electron chi connectivity index (χ0n) is 18.2. The Kier molecular flexibility index (Phi) is 7.63. The zero-order chi connectivity index (χ0) is 21.5. The molecule has 0 radical (unpaired) electrons. The number of likely N-dealkylation sites (tertiary alicyclic amines) is 1. The van der Waals surface area contributed by atoms with Gasteiger partial charge in [-0.15, -0.1) is 0 Å². The molecule has 0 saturated carbocycles. The molecule has 1 N–H and O–H groups in total. The Morgan fingerprint density at radius 2 is 1.77 bits per heavy atom. The van der Waals surface area contributed by atoms with Crippen molar-refractivity contribution < 1.29 is 14.3 Å². The van der Waals surface area contributed by atoms with Crippen molar-refractivity contribution in [3.63, 3.8) is 0 Å². The second-order valence-electron chi connectivity index (χ2n) is 8.33. The molecule has 1 saturated heterocycles. The Balaban J connectivity index is 1.48. The normalized spacial score (nSPS) is 15.0. The maximum absolute atomic E-state index is 12.5. The minimum absolute atomic E-state index is 0.0862. The fourth-order valence-corrected chi connectivity index (χ4v) is 3.80. The number of hydrogen-bond acceptors (Lipinski definition) is 4. The van der Waals surface area contributed by atoms with Gasteiger partial charge in [0, 0.05) is 25.1 Å². The van der Waals surface area contributed by atoms with Crippen molar-refractivity contribution in [2.24, 2.45) is 5.92 Å². The molecule has 0 atom stereocenters. The fourth-order valence-electron chi connectivity index (χ4n) is 3.80. The largest absolute Gasteiger partial charge is 0.496 e. The highest BCUT2D eigenvalue weighted by atomic mass is 16.5. The highest BCUT2D eigenvalue weighted by molar-refractivity contribution is 6.01. The predicted molar refractivity (Wildman–Crippen MR) is 120 cm³/mol. The summed E-state index contributed by atoms with van der Waals surface area (Å²) in [6.45, 7) is 7.50. The number of rotatable bonds is 8. The molecule has 1 aliphatic heterocycles. The molecule has 30 heavy (non-hydrogen) atoms. The number of amides is 1. The summed E-state index contributed by atoms with van der Waals surface area (Å²) in [7, 11) is 1.55. The zero-order valence-corrected chi connectivity index (χ0v) is 18.2. The molecular formula is C25H32N2O3. The predicted octanol–water partition coefficient (Wildman–Crippen LogP) is 4.84. The quantitative estimate of drug-likeness (QED) is 0.635. The number of ketones is 1. The number of Topliss-reactive ketones (excluding diaryl/α,β-unsaturated/α-hetero) is 1. The molecule has 0 spiro atoms. The van der Waals surface area contributed by atoms with E-state index in [1.807, 2.05) is 25.1 Å². The Bertz CT molecular complexity index is 868. The van der Waals surface area contributed by atoms with Gasteiger partial charge in [0.25, 0.3) is 0 Å². The molecule has 5 nitrogen and oxygen atoms in total. The van der Waals surface area contributed by atoms with Crippen LogP contribution in [0.3, 0.4) is 0 Å². The monoisotopic (exact) mass is 408 g/mol. The highest BCUT2D eigenvalue weighted by Gasteiger charge is 2.16. The molecule has 2 aromatic carbocycles. The number of anilines is 1. The van der Waals surface area contributed by atoms with Crippen molar-refractivity contribution in [1.82, 2.24) is 4.90 Å². The number of hydrogen-bond donors (Lipinski definition) is 1. The Morgan fingerprint density at radius 1 is 1.07 bits per heavy atom. The van der Waals surface area contributed by atoms with Crippen LogP contribution < -0.4 is 10.1 Å². The van der Waals surface area contributed by atoms with Crippen LogP contribution >= 0.6 is 0 Å². The van der Waals surface area contributed by atoms with E-state index in [1.54, 1.807) is 19.2 Å². The summed E-state index contributed by atoms with van der Waals surface area (Å²) in [5.74, 6) is 1.13. The molecule has 160 valence electrons. The highest BCUT2D eigenvalue weighted by Crippen LogP contribution is 2.22. The van der Waals surface area contributed by atoms with E-state index in [9.17, 15) is 9.59 Å². The van der Waals surface area contributed by atoms with Gasteiger partial charge >= 0.3 is 0 Å². The molecule has 0 unspecified atom stereocenters. The first kappa shape index (κ1) is 22.0. The van der Waals surface area contributed by atoms with Crippen LogP contribution in [0, 0.1) is 12.8 Å². The van der Waals surface area contributed by atoms with Gasteiger partial charge in [-0.1, -0.05) is 30.7 Å². The lowest BCUT2D eigenvalue weighted by Crippen LogP contribution is -2.32. The molecule has 0 aliphatic carbocycles. The van der Waals surface area contributed by atoms with Gasteiger partial charge in [0.2, 0.25) is 5.91 Å². The number of piperidine rings is 1. The van der Waals surface area contributed by atoms with Crippen molar-refractivity contribution in [2.75, 3.05) is 25.5 Å². The summed E-state index contributed by atoms with van der Waals surface area (Å²) in [4.78, 5) is 27.3. The molecule has 1 fully saturated rings. The van der Waals surface area contributed by atoms with Gasteiger partial charge in [0.1, 0.15) is 5.75 Å². The van der Waals surface area contributed by atoms with Crippen LogP contribution in [-0.2, 0) is 11.3 Å². The van der Waals surface area contributed by atoms with Crippen molar-refractivity contribution >= 4 is 17.4 Å². The first-order chi connectivity index (χ1) is 14.4. The standard InChI is InChI=1S/C25H32N2O3/c1-18-12-14-27(15-13-18)17-20-5-7-21(8-6-20)26-25(29)11-9-23(28)22-16-19(2)4-10-24(22)30-3/h4-8,10,16,18H,9,11-15,17H2,1-3H3,(H,26,29). The van der Waals surface area contributed by atoms with E-state index in [0.29, 0.717) is 11.3 Å². The fraction of sp³-hybridized carbons (Fsp3) is 0.440. The molecule has 1 aliphatic rings. The molecule has 2 aromatic rings. The summed E-state index contributed by atoms with van der Waals surface area (Å²) in [6, 6.07) is 13.5. The van der Waals surface area contributed by atoms with Crippen molar-refractivity contribution in [2.45, 2.75) is 46.1 Å². The summed E-state index contributed by atoms with van der Waals surface area (Å²) in [6.07, 6.45) is 2.82. The smallest absolute Gasteiger partial charge is 0.224 e. The number of carbonyl (C=O) groups is 2. The minimum Gasteiger partial charge on any atom is -0.496 e. The van der Waals surface area contributed by atoms with Gasteiger partial charge in [-0.2, -0.15) is 0 Å². The van der Waals surface area contributed by atoms with Crippen LogP contribution in [0.15, 0.2) is 42.5 Å². The lowest BCUT2D eigenvalue weighted by atomic mass is 9.99. The van der Waals surface area contributed by atoms with E-state index in [-0.39, 0.29) is 24.5 Å². The van der Waals surface area contributed by atoms with Gasteiger partial charge in [-0.25, -0.2) is 0 Å². The molecule has 1 amide bonds. The molecule has 1 heterocycles. The van der Waals surface area contributed by atoms with Crippen molar-refractivity contribution in [3.05, 3.63) is 59.2 Å². The van der Waals surface area contributed by atoms with E-state index in [1.165, 1.54) is 18.4 Å². The first-order valence-corrected chi connectivity index (χ1v) is 10.7. The van der Waals surface area contributed by atoms with Crippen LogP contribution in [-0.4, -0.2) is 36.8 Å². The third-order valence-corrected chi connectivity index (χ3v) is 5.75. The van der Waals surface area contributed by atoms with Crippen LogP contribution in [0.4, 0.5) is 5.69 Å². The van der Waals surface area contributed by atoms with E-state index in [4.69, 9.17) is 4.74 Å². The van der Waals surface area contributed by atoms with E-state index in [0.717, 1.165) is 36.8 Å². The van der Waals surface area contributed by atoms with Gasteiger partial charge in [0.15, 0.2) is 5.78 Å². The Morgan fingerprint density at radius 3 is 2.43 bits per heavy atom. The average molecular weight is 409 g/mol. The van der Waals surface area contributed by atoms with Gasteiger partial charge < -0.3 is 10.1 Å². The van der Waals surface area contributed by atoms with Crippen LogP contribution in [0.5, 0.6) is 5.75 Å². The second-order valence-corrected chi connectivity index (χ2v) is 8.33. The summed E-state index contributed by atoms with van der Waals surface area (Å²) >= 11 is 0. The van der Waals surface area contributed by atoms with Crippen LogP contribution in [0.1, 0.15) is 54.1 Å². The SMILES string of the molecule is COc1ccc(C)cc1C(=O)CCC(=O)Nc1ccc(CN2CCC(C)CC2)cc1. The average Bonchev–Trinajstić information content (AvgIpc) is 2.75. The number of carbonyl (C=O) groups excluding carboxylic acids is 2. The van der Waals surface area contributed by atoms with E-state index in [2.05, 4.69) is 29.3 Å². The van der Waals surface area contributed by atoms with Crippen molar-refractivity contribution in [3.8, 4) is 5.75 Å². The number of ether oxygens (including phenoxy) is 1. The molecule has 5 heteroatoms. The molecule has 0 bridgehead atoms. The van der Waals surface area contributed by atoms with Crippen molar-refractivity contribution in [1.29, 1.82) is 0 Å². The number of nitrogens with zero attached hydrogens (tertiary/aromatic N) is 1. The minimum atomic E-state index is -0.160. The summed E-state index contributed by atoms with van der Waals surface area (Å²) in [5, 5.41) is 2.89. The Hall–Kier alpha value is -2.66. The van der Waals surface area contributed by atoms with Crippen LogP contribution in [0.25, 0.3) is 0 Å². The molecular weight excluding hydrogens is 376 g/mol. The maximum atomic E-state index is 12.5. The lowest BCUT2D eigenvalue weighted by Gasteiger charge is -2.30.